The van der Waals surface area contributed by atoms with E-state index >= 15 is 0 Å². The number of alkyl halides is 3. The maximum atomic E-state index is 12.2. The molecule has 0 atom stereocenters. The fourth-order valence-electron chi connectivity index (χ4n) is 1.24. The van der Waals surface area contributed by atoms with Crippen molar-refractivity contribution in [2.24, 2.45) is 0 Å². The van der Waals surface area contributed by atoms with Crippen LogP contribution >= 0.6 is 22.6 Å². The first-order chi connectivity index (χ1) is 8.47. The molecular weight excluding hydrogens is 400 g/mol. The molecule has 0 aliphatic rings. The SMILES string of the molecule is CC(C)c1ccc(O)c(OS(=O)(=O)C(F)(F)F)c1I. The molecule has 0 heterocycles. The molecule has 1 aromatic carbocycles. The molecule has 0 amide bonds. The topological polar surface area (TPSA) is 63.6 Å². The lowest BCUT2D eigenvalue weighted by Gasteiger charge is -2.15. The normalized spacial score (nSPS) is 12.8. The van der Waals surface area contributed by atoms with Crippen LogP contribution in [0.4, 0.5) is 13.2 Å². The molecule has 0 saturated carbocycles. The Morgan fingerprint density at radius 1 is 1.32 bits per heavy atom. The molecule has 19 heavy (non-hydrogen) atoms. The summed E-state index contributed by atoms with van der Waals surface area (Å²) in [5.41, 5.74) is -4.97. The highest BCUT2D eigenvalue weighted by atomic mass is 127. The largest absolute Gasteiger partial charge is 0.534 e. The minimum atomic E-state index is -5.80. The minimum Gasteiger partial charge on any atom is -0.504 e. The number of benzene rings is 1. The summed E-state index contributed by atoms with van der Waals surface area (Å²) in [6.07, 6.45) is 0. The van der Waals surface area contributed by atoms with Crippen LogP contribution in [0.5, 0.6) is 11.5 Å². The fourth-order valence-corrected chi connectivity index (χ4v) is 3.06. The van der Waals surface area contributed by atoms with E-state index in [0.29, 0.717) is 5.56 Å². The number of aromatic hydroxyl groups is 1. The van der Waals surface area contributed by atoms with Crippen LogP contribution in [0.1, 0.15) is 25.3 Å². The minimum absolute atomic E-state index is 0.0663. The molecular formula is C10H10F3IO4S. The van der Waals surface area contributed by atoms with Crippen molar-refractivity contribution in [1.29, 1.82) is 0 Å². The smallest absolute Gasteiger partial charge is 0.504 e. The van der Waals surface area contributed by atoms with E-state index in [1.807, 2.05) is 0 Å². The first kappa shape index (κ1) is 16.3. The van der Waals surface area contributed by atoms with Crippen molar-refractivity contribution in [1.82, 2.24) is 0 Å². The van der Waals surface area contributed by atoms with Gasteiger partial charge in [-0.25, -0.2) is 0 Å². The van der Waals surface area contributed by atoms with Crippen LogP contribution in [0.25, 0.3) is 0 Å². The fraction of sp³-hybridized carbons (Fsp3) is 0.400. The van der Waals surface area contributed by atoms with Gasteiger partial charge in [-0.1, -0.05) is 19.9 Å². The number of phenolic OH excluding ortho intramolecular Hbond substituents is 1. The average Bonchev–Trinajstić information content (AvgIpc) is 2.21. The molecule has 4 nitrogen and oxygen atoms in total. The van der Waals surface area contributed by atoms with Gasteiger partial charge in [-0.05, 0) is 40.1 Å². The van der Waals surface area contributed by atoms with Crippen molar-refractivity contribution in [3.8, 4) is 11.5 Å². The lowest BCUT2D eigenvalue weighted by molar-refractivity contribution is -0.0500. The second kappa shape index (κ2) is 5.35. The van der Waals surface area contributed by atoms with Gasteiger partial charge in [-0.15, -0.1) is 0 Å². The monoisotopic (exact) mass is 410 g/mol. The molecule has 0 aliphatic heterocycles. The van der Waals surface area contributed by atoms with Crippen LogP contribution in [0.15, 0.2) is 12.1 Å². The van der Waals surface area contributed by atoms with Crippen LogP contribution in [-0.2, 0) is 10.1 Å². The number of hydrogen-bond acceptors (Lipinski definition) is 4. The summed E-state index contributed by atoms with van der Waals surface area (Å²) in [7, 11) is -5.80. The molecule has 0 saturated heterocycles. The van der Waals surface area contributed by atoms with Gasteiger partial charge in [0.2, 0.25) is 0 Å². The lowest BCUT2D eigenvalue weighted by Crippen LogP contribution is -2.28. The van der Waals surface area contributed by atoms with E-state index in [0.717, 1.165) is 6.07 Å². The Labute approximate surface area is 121 Å². The second-order valence-electron chi connectivity index (χ2n) is 3.95. The third-order valence-corrected chi connectivity index (χ3v) is 4.27. The Kier molecular flexibility index (Phi) is 4.60. The predicted molar refractivity (Wildman–Crippen MR) is 70.5 cm³/mol. The summed E-state index contributed by atoms with van der Waals surface area (Å²) in [6, 6.07) is 2.59. The molecule has 0 unspecified atom stereocenters. The van der Waals surface area contributed by atoms with Gasteiger partial charge < -0.3 is 9.29 Å². The van der Waals surface area contributed by atoms with Crippen LogP contribution in [0.2, 0.25) is 0 Å². The second-order valence-corrected chi connectivity index (χ2v) is 6.57. The molecule has 1 rings (SSSR count). The van der Waals surface area contributed by atoms with E-state index in [1.165, 1.54) is 6.07 Å². The van der Waals surface area contributed by atoms with Crippen LogP contribution in [-0.4, -0.2) is 19.0 Å². The zero-order valence-electron chi connectivity index (χ0n) is 9.82. The third kappa shape index (κ3) is 3.44. The lowest BCUT2D eigenvalue weighted by atomic mass is 10.0. The van der Waals surface area contributed by atoms with Gasteiger partial charge in [0.15, 0.2) is 11.5 Å². The van der Waals surface area contributed by atoms with Crippen molar-refractivity contribution in [3.05, 3.63) is 21.3 Å². The Morgan fingerprint density at radius 3 is 2.26 bits per heavy atom. The van der Waals surface area contributed by atoms with Gasteiger partial charge in [-0.3, -0.25) is 0 Å². The number of hydrogen-bond donors (Lipinski definition) is 1. The molecule has 1 aromatic rings. The predicted octanol–water partition coefficient (Wildman–Crippen LogP) is 3.35. The first-order valence-electron chi connectivity index (χ1n) is 4.99. The summed E-state index contributed by atoms with van der Waals surface area (Å²) in [4.78, 5) is 0. The highest BCUT2D eigenvalue weighted by Gasteiger charge is 2.49. The highest BCUT2D eigenvalue weighted by Crippen LogP contribution is 2.39. The molecule has 0 fully saturated rings. The number of phenols is 1. The molecule has 0 aromatic heterocycles. The quantitative estimate of drug-likeness (QED) is 0.472. The highest BCUT2D eigenvalue weighted by molar-refractivity contribution is 14.1. The molecule has 9 heteroatoms. The van der Waals surface area contributed by atoms with E-state index in [9.17, 15) is 26.7 Å². The van der Waals surface area contributed by atoms with E-state index in [2.05, 4.69) is 4.18 Å². The Hall–Kier alpha value is -0.710. The molecule has 0 aliphatic carbocycles. The Bertz CT molecular complexity index is 581. The molecule has 0 radical (unpaired) electrons. The molecule has 0 bridgehead atoms. The standard InChI is InChI=1S/C10H10F3IO4S/c1-5(2)6-3-4-7(15)9(8(6)14)18-19(16,17)10(11,12)13/h3-5,15H,1-2H3. The molecule has 108 valence electrons. The van der Waals surface area contributed by atoms with Crippen molar-refractivity contribution < 1.29 is 30.9 Å². The van der Waals surface area contributed by atoms with E-state index in [1.54, 1.807) is 36.4 Å². The number of halogens is 4. The van der Waals surface area contributed by atoms with Crippen molar-refractivity contribution in [2.75, 3.05) is 0 Å². The zero-order valence-corrected chi connectivity index (χ0v) is 12.8. The van der Waals surface area contributed by atoms with Gasteiger partial charge in [-0.2, -0.15) is 21.6 Å². The van der Waals surface area contributed by atoms with Crippen LogP contribution in [0.3, 0.4) is 0 Å². The summed E-state index contributed by atoms with van der Waals surface area (Å²) < 4.78 is 62.8. The van der Waals surface area contributed by atoms with E-state index < -0.39 is 27.1 Å². The number of rotatable bonds is 3. The van der Waals surface area contributed by atoms with Gasteiger partial charge in [0, 0.05) is 0 Å². The summed E-state index contributed by atoms with van der Waals surface area (Å²) >= 11 is 1.63. The van der Waals surface area contributed by atoms with E-state index in [-0.39, 0.29) is 9.49 Å². The van der Waals surface area contributed by atoms with Gasteiger partial charge in [0.05, 0.1) is 3.57 Å². The van der Waals surface area contributed by atoms with E-state index in [4.69, 9.17) is 0 Å². The maximum absolute atomic E-state index is 12.2. The van der Waals surface area contributed by atoms with Gasteiger partial charge >= 0.3 is 15.6 Å². The zero-order chi connectivity index (χ0) is 15.0. The van der Waals surface area contributed by atoms with Crippen molar-refractivity contribution >= 4 is 32.7 Å². The van der Waals surface area contributed by atoms with Gasteiger partial charge in [0.1, 0.15) is 0 Å². The van der Waals surface area contributed by atoms with Crippen LogP contribution in [0, 0.1) is 3.57 Å². The first-order valence-corrected chi connectivity index (χ1v) is 7.48. The summed E-state index contributed by atoms with van der Waals surface area (Å²) in [6.45, 7) is 3.55. The van der Waals surface area contributed by atoms with Gasteiger partial charge in [0.25, 0.3) is 0 Å². The maximum Gasteiger partial charge on any atom is 0.534 e. The van der Waals surface area contributed by atoms with Crippen LogP contribution < -0.4 is 4.18 Å². The Morgan fingerprint density at radius 2 is 1.84 bits per heavy atom. The Balaban J connectivity index is 3.34. The van der Waals surface area contributed by atoms with Crippen molar-refractivity contribution in [3.63, 3.8) is 0 Å². The van der Waals surface area contributed by atoms with Crippen molar-refractivity contribution in [2.45, 2.75) is 25.3 Å². The summed E-state index contributed by atoms with van der Waals surface area (Å²) in [5.74, 6) is -1.44. The third-order valence-electron chi connectivity index (χ3n) is 2.20. The summed E-state index contributed by atoms with van der Waals surface area (Å²) in [5, 5.41) is 9.47. The molecule has 0 spiro atoms. The molecule has 1 N–H and O–H groups in total. The average molecular weight is 410 g/mol.